The molecule has 0 saturated carbocycles. The van der Waals surface area contributed by atoms with Crippen molar-refractivity contribution in [3.05, 3.63) is 40.5 Å². The fourth-order valence-electron chi connectivity index (χ4n) is 3.16. The lowest BCUT2D eigenvalue weighted by Crippen LogP contribution is -2.06. The number of aromatic nitrogens is 2. The van der Waals surface area contributed by atoms with E-state index in [-0.39, 0.29) is 5.97 Å². The number of carbonyl (C=O) groups excluding carboxylic acids is 1. The van der Waals surface area contributed by atoms with E-state index in [4.69, 9.17) is 19.2 Å². The first-order chi connectivity index (χ1) is 13.5. The molecule has 0 bridgehead atoms. The van der Waals surface area contributed by atoms with Crippen molar-refractivity contribution in [2.75, 3.05) is 20.3 Å². The number of benzene rings is 1. The van der Waals surface area contributed by atoms with E-state index < -0.39 is 0 Å². The summed E-state index contributed by atoms with van der Waals surface area (Å²) >= 11 is 1.51. The Morgan fingerprint density at radius 2 is 1.93 bits per heavy atom. The Labute approximate surface area is 168 Å². The van der Waals surface area contributed by atoms with Crippen LogP contribution in [0.5, 0.6) is 11.5 Å². The van der Waals surface area contributed by atoms with Crippen molar-refractivity contribution in [1.29, 1.82) is 0 Å². The quantitative estimate of drug-likeness (QED) is 0.565. The van der Waals surface area contributed by atoms with E-state index in [1.165, 1.54) is 11.3 Å². The maximum absolute atomic E-state index is 12.4. The summed E-state index contributed by atoms with van der Waals surface area (Å²) in [5, 5.41) is 2.79. The molecule has 0 saturated heterocycles. The van der Waals surface area contributed by atoms with Gasteiger partial charge >= 0.3 is 5.97 Å². The zero-order valence-corrected chi connectivity index (χ0v) is 17.5. The molecule has 1 aromatic carbocycles. The van der Waals surface area contributed by atoms with E-state index in [0.29, 0.717) is 30.3 Å². The zero-order chi connectivity index (χ0) is 20.3. The number of hydrogen-bond donors (Lipinski definition) is 1. The lowest BCUT2D eigenvalue weighted by molar-refractivity contribution is 0.0526. The fourth-order valence-corrected chi connectivity index (χ4v) is 3.96. The van der Waals surface area contributed by atoms with Gasteiger partial charge in [-0.05, 0) is 45.9 Å². The molecule has 0 amide bonds. The standard InChI is InChI=1S/C21H24N2O4S/c1-6-26-16-9-8-14(10-17(16)25-5)20-23-15(11-28-20)18-12(3)22-13(4)19(18)21(24)27-7-2/h8-11,22H,6-7H2,1-5H3. The van der Waals surface area contributed by atoms with Crippen LogP contribution in [0.3, 0.4) is 0 Å². The van der Waals surface area contributed by atoms with E-state index >= 15 is 0 Å². The molecule has 0 unspecified atom stereocenters. The van der Waals surface area contributed by atoms with E-state index in [9.17, 15) is 4.79 Å². The minimum Gasteiger partial charge on any atom is -0.493 e. The molecule has 0 aliphatic heterocycles. The number of thiazole rings is 1. The highest BCUT2D eigenvalue weighted by atomic mass is 32.1. The molecule has 2 aromatic heterocycles. The van der Waals surface area contributed by atoms with Crippen LogP contribution >= 0.6 is 11.3 Å². The van der Waals surface area contributed by atoms with Crippen molar-refractivity contribution in [3.8, 4) is 33.3 Å². The molecule has 0 aliphatic carbocycles. The number of hydrogen-bond acceptors (Lipinski definition) is 6. The van der Waals surface area contributed by atoms with Crippen LogP contribution in [0, 0.1) is 13.8 Å². The van der Waals surface area contributed by atoms with Gasteiger partial charge in [0.05, 0.1) is 31.6 Å². The number of esters is 1. The molecule has 1 N–H and O–H groups in total. The number of methoxy groups -OCH3 is 1. The van der Waals surface area contributed by atoms with Gasteiger partial charge in [0, 0.05) is 27.9 Å². The maximum atomic E-state index is 12.4. The zero-order valence-electron chi connectivity index (χ0n) is 16.7. The highest BCUT2D eigenvalue weighted by Crippen LogP contribution is 2.37. The number of aryl methyl sites for hydroxylation is 2. The summed E-state index contributed by atoms with van der Waals surface area (Å²) in [6.07, 6.45) is 0. The summed E-state index contributed by atoms with van der Waals surface area (Å²) in [7, 11) is 1.62. The molecule has 0 spiro atoms. The average Bonchev–Trinajstić information content (AvgIpc) is 3.26. The predicted octanol–water partition coefficient (Wildman–Crippen LogP) is 5.01. The highest BCUT2D eigenvalue weighted by molar-refractivity contribution is 7.13. The number of nitrogens with one attached hydrogen (secondary N) is 1. The van der Waals surface area contributed by atoms with Gasteiger partial charge < -0.3 is 19.2 Å². The topological polar surface area (TPSA) is 73.4 Å². The number of ether oxygens (including phenoxy) is 3. The highest BCUT2D eigenvalue weighted by Gasteiger charge is 2.23. The largest absolute Gasteiger partial charge is 0.493 e. The number of carbonyl (C=O) groups is 1. The van der Waals surface area contributed by atoms with Gasteiger partial charge in [0.25, 0.3) is 0 Å². The van der Waals surface area contributed by atoms with Crippen LogP contribution in [0.2, 0.25) is 0 Å². The van der Waals surface area contributed by atoms with Crippen LogP contribution < -0.4 is 9.47 Å². The SMILES string of the molecule is CCOC(=O)c1c(C)[nH]c(C)c1-c1csc(-c2ccc(OCC)c(OC)c2)n1. The van der Waals surface area contributed by atoms with E-state index in [2.05, 4.69) is 4.98 Å². The minimum absolute atomic E-state index is 0.330. The van der Waals surface area contributed by atoms with Crippen LogP contribution in [-0.2, 0) is 4.74 Å². The Kier molecular flexibility index (Phi) is 6.04. The van der Waals surface area contributed by atoms with Crippen molar-refractivity contribution in [1.82, 2.24) is 9.97 Å². The van der Waals surface area contributed by atoms with Gasteiger partial charge in [0.1, 0.15) is 5.01 Å². The minimum atomic E-state index is -0.336. The van der Waals surface area contributed by atoms with Crippen molar-refractivity contribution in [2.45, 2.75) is 27.7 Å². The van der Waals surface area contributed by atoms with Crippen molar-refractivity contribution < 1.29 is 19.0 Å². The molecule has 3 aromatic rings. The molecular weight excluding hydrogens is 376 g/mol. The Balaban J connectivity index is 2.01. The van der Waals surface area contributed by atoms with Crippen molar-refractivity contribution in [3.63, 3.8) is 0 Å². The summed E-state index contributed by atoms with van der Waals surface area (Å²) in [4.78, 5) is 20.4. The maximum Gasteiger partial charge on any atom is 0.340 e. The monoisotopic (exact) mass is 400 g/mol. The van der Waals surface area contributed by atoms with Gasteiger partial charge in [0.15, 0.2) is 11.5 Å². The summed E-state index contributed by atoms with van der Waals surface area (Å²) < 4.78 is 16.2. The second-order valence-electron chi connectivity index (χ2n) is 6.18. The second kappa shape index (κ2) is 8.48. The van der Waals surface area contributed by atoms with Crippen LogP contribution in [0.1, 0.15) is 35.6 Å². The molecular formula is C21H24N2O4S. The Hall–Kier alpha value is -2.80. The Bertz CT molecular complexity index is 990. The first kappa shape index (κ1) is 19.9. The molecule has 3 rings (SSSR count). The molecule has 148 valence electrons. The van der Waals surface area contributed by atoms with E-state index in [0.717, 1.165) is 33.2 Å². The second-order valence-corrected chi connectivity index (χ2v) is 7.04. The third kappa shape index (κ3) is 3.75. The van der Waals surface area contributed by atoms with Gasteiger partial charge in [-0.15, -0.1) is 11.3 Å². The lowest BCUT2D eigenvalue weighted by Gasteiger charge is -2.10. The lowest BCUT2D eigenvalue weighted by atomic mass is 10.1. The summed E-state index contributed by atoms with van der Waals surface area (Å²) in [6, 6.07) is 5.75. The predicted molar refractivity (Wildman–Crippen MR) is 110 cm³/mol. The molecule has 0 aliphatic rings. The summed E-state index contributed by atoms with van der Waals surface area (Å²) in [5.41, 5.74) is 4.68. The van der Waals surface area contributed by atoms with Gasteiger partial charge in [-0.3, -0.25) is 0 Å². The number of nitrogens with zero attached hydrogens (tertiary/aromatic N) is 1. The summed E-state index contributed by atoms with van der Waals surface area (Å²) in [6.45, 7) is 8.43. The normalized spacial score (nSPS) is 10.8. The van der Waals surface area contributed by atoms with E-state index in [1.807, 2.05) is 44.4 Å². The Morgan fingerprint density at radius 1 is 1.14 bits per heavy atom. The molecule has 0 fully saturated rings. The first-order valence-corrected chi connectivity index (χ1v) is 10.0. The van der Waals surface area contributed by atoms with Gasteiger partial charge in [-0.2, -0.15) is 0 Å². The number of rotatable bonds is 7. The van der Waals surface area contributed by atoms with Crippen LogP contribution in [-0.4, -0.2) is 36.3 Å². The van der Waals surface area contributed by atoms with Crippen molar-refractivity contribution >= 4 is 17.3 Å². The average molecular weight is 401 g/mol. The molecule has 2 heterocycles. The smallest absolute Gasteiger partial charge is 0.340 e. The molecule has 6 nitrogen and oxygen atoms in total. The summed E-state index contributed by atoms with van der Waals surface area (Å²) in [5.74, 6) is 1.03. The Morgan fingerprint density at radius 3 is 2.61 bits per heavy atom. The molecule has 7 heteroatoms. The molecule has 0 radical (unpaired) electrons. The van der Waals surface area contributed by atoms with Crippen LogP contribution in [0.25, 0.3) is 21.8 Å². The molecule has 0 atom stereocenters. The van der Waals surface area contributed by atoms with Gasteiger partial charge in [0.2, 0.25) is 0 Å². The van der Waals surface area contributed by atoms with Crippen LogP contribution in [0.15, 0.2) is 23.6 Å². The number of aromatic amines is 1. The third-order valence-electron chi connectivity index (χ3n) is 4.33. The fraction of sp³-hybridized carbons (Fsp3) is 0.333. The third-order valence-corrected chi connectivity index (χ3v) is 5.22. The molecule has 28 heavy (non-hydrogen) atoms. The van der Waals surface area contributed by atoms with E-state index in [1.54, 1.807) is 14.0 Å². The van der Waals surface area contributed by atoms with Gasteiger partial charge in [-0.1, -0.05) is 0 Å². The van der Waals surface area contributed by atoms with Crippen molar-refractivity contribution in [2.24, 2.45) is 0 Å². The number of H-pyrrole nitrogens is 1. The van der Waals surface area contributed by atoms with Gasteiger partial charge in [-0.25, -0.2) is 9.78 Å². The van der Waals surface area contributed by atoms with Crippen LogP contribution in [0.4, 0.5) is 0 Å². The first-order valence-electron chi connectivity index (χ1n) is 9.13.